The van der Waals surface area contributed by atoms with E-state index in [-0.39, 0.29) is 19.0 Å². The summed E-state index contributed by atoms with van der Waals surface area (Å²) in [5.41, 5.74) is 2.28. The number of aromatic hydroxyl groups is 1. The summed E-state index contributed by atoms with van der Waals surface area (Å²) in [5.74, 6) is 0.523. The predicted molar refractivity (Wildman–Crippen MR) is 130 cm³/mol. The molecule has 0 saturated carbocycles. The van der Waals surface area contributed by atoms with Crippen molar-refractivity contribution in [3.8, 4) is 11.5 Å². The average molecular weight is 432 g/mol. The summed E-state index contributed by atoms with van der Waals surface area (Å²) in [6.45, 7) is 11.3. The summed E-state index contributed by atoms with van der Waals surface area (Å²) in [4.78, 5) is 4.30. The fourth-order valence-corrected chi connectivity index (χ4v) is 3.09. The highest BCUT2D eigenvalue weighted by Gasteiger charge is 2.09. The zero-order chi connectivity index (χ0) is 22.9. The maximum Gasteiger partial charge on any atom is 0.128 e. The lowest BCUT2D eigenvalue weighted by Crippen LogP contribution is -2.23. The Hall–Kier alpha value is -2.11. The van der Waals surface area contributed by atoms with Crippen LogP contribution in [0.5, 0.6) is 11.5 Å². The molecule has 1 unspecified atom stereocenters. The van der Waals surface area contributed by atoms with Crippen molar-refractivity contribution in [1.82, 2.24) is 0 Å². The molecule has 0 aliphatic heterocycles. The second kappa shape index (κ2) is 16.6. The maximum absolute atomic E-state index is 10.3. The molecular weight excluding hydrogens is 390 g/mol. The van der Waals surface area contributed by atoms with E-state index in [1.54, 1.807) is 18.3 Å². The van der Waals surface area contributed by atoms with Gasteiger partial charge in [-0.25, -0.2) is 0 Å². The first kappa shape index (κ1) is 26.9. The van der Waals surface area contributed by atoms with Crippen LogP contribution < -0.4 is 4.74 Å². The van der Waals surface area contributed by atoms with Gasteiger partial charge in [0.1, 0.15) is 24.2 Å². The molecule has 0 amide bonds. The SMILES string of the molecule is C=C(N=C/C=C(\C)CCC)c1ccc(OCC(O)COCCCCCCCC)cc1O. The first-order valence-electron chi connectivity index (χ1n) is 11.6. The Bertz CT molecular complexity index is 697. The Morgan fingerprint density at radius 1 is 1.10 bits per heavy atom. The Labute approximate surface area is 188 Å². The molecule has 0 aliphatic carbocycles. The molecule has 1 aromatic carbocycles. The summed E-state index contributed by atoms with van der Waals surface area (Å²) in [5, 5.41) is 20.3. The number of rotatable bonds is 17. The van der Waals surface area contributed by atoms with Gasteiger partial charge in [-0.1, -0.05) is 64.5 Å². The van der Waals surface area contributed by atoms with Gasteiger partial charge < -0.3 is 19.7 Å². The smallest absolute Gasteiger partial charge is 0.128 e. The average Bonchev–Trinajstić information content (AvgIpc) is 2.74. The fraction of sp³-hybridized carbons (Fsp3) is 0.577. The Kier molecular flexibility index (Phi) is 14.4. The van der Waals surface area contributed by atoms with Crippen LogP contribution in [0.1, 0.15) is 77.7 Å². The minimum atomic E-state index is -0.709. The first-order chi connectivity index (χ1) is 15.0. The summed E-state index contributed by atoms with van der Waals surface area (Å²) in [6.07, 6.45) is 12.4. The summed E-state index contributed by atoms with van der Waals surface area (Å²) < 4.78 is 11.1. The number of phenols is 1. The standard InChI is InChI=1S/C26H41NO4/c1-5-7-8-9-10-11-17-30-19-23(28)20-31-24-13-14-25(26(29)18-24)22(4)27-16-15-21(3)12-6-2/h13-16,18,23,28-29H,4-12,17,19-20H2,1-3H3/b21-15+,27-16?. The van der Waals surface area contributed by atoms with Gasteiger partial charge in [0.15, 0.2) is 0 Å². The van der Waals surface area contributed by atoms with Gasteiger partial charge in [0.2, 0.25) is 0 Å². The fourth-order valence-electron chi connectivity index (χ4n) is 3.09. The molecule has 5 heteroatoms. The monoisotopic (exact) mass is 431 g/mol. The summed E-state index contributed by atoms with van der Waals surface area (Å²) in [7, 11) is 0. The first-order valence-corrected chi connectivity index (χ1v) is 11.6. The molecule has 1 aromatic rings. The summed E-state index contributed by atoms with van der Waals surface area (Å²) >= 11 is 0. The van der Waals surface area contributed by atoms with Crippen LogP contribution in [0.25, 0.3) is 5.70 Å². The normalized spacial score (nSPS) is 13.0. The minimum Gasteiger partial charge on any atom is -0.507 e. The quantitative estimate of drug-likeness (QED) is 0.224. The van der Waals surface area contributed by atoms with Gasteiger partial charge in [-0.05, 0) is 38.0 Å². The van der Waals surface area contributed by atoms with Crippen molar-refractivity contribution < 1.29 is 19.7 Å². The van der Waals surface area contributed by atoms with Crippen molar-refractivity contribution in [3.63, 3.8) is 0 Å². The zero-order valence-electron chi connectivity index (χ0n) is 19.6. The van der Waals surface area contributed by atoms with Gasteiger partial charge in [-0.2, -0.15) is 0 Å². The van der Waals surface area contributed by atoms with E-state index in [9.17, 15) is 10.2 Å². The minimum absolute atomic E-state index is 0.0442. The molecule has 1 rings (SSSR count). The Morgan fingerprint density at radius 2 is 1.84 bits per heavy atom. The molecule has 0 fully saturated rings. The number of unbranched alkanes of at least 4 members (excludes halogenated alkanes) is 5. The molecule has 0 saturated heterocycles. The van der Waals surface area contributed by atoms with Crippen LogP contribution in [0.15, 0.2) is 41.4 Å². The number of aliphatic imine (C=N–C) groups is 1. The highest BCUT2D eigenvalue weighted by molar-refractivity contribution is 5.81. The van der Waals surface area contributed by atoms with Crippen LogP contribution in [0, 0.1) is 0 Å². The molecule has 0 spiro atoms. The van der Waals surface area contributed by atoms with Gasteiger partial charge in [0.05, 0.1) is 12.3 Å². The van der Waals surface area contributed by atoms with E-state index < -0.39 is 6.10 Å². The highest BCUT2D eigenvalue weighted by atomic mass is 16.5. The third-order valence-corrected chi connectivity index (χ3v) is 4.91. The molecule has 0 radical (unpaired) electrons. The van der Waals surface area contributed by atoms with Crippen LogP contribution in [0.4, 0.5) is 0 Å². The number of benzene rings is 1. The summed E-state index contributed by atoms with van der Waals surface area (Å²) in [6, 6.07) is 4.96. The molecule has 0 aromatic heterocycles. The molecule has 0 heterocycles. The lowest BCUT2D eigenvalue weighted by molar-refractivity contribution is 0.0109. The lowest BCUT2D eigenvalue weighted by Gasteiger charge is -2.14. The topological polar surface area (TPSA) is 71.3 Å². The van der Waals surface area contributed by atoms with Crippen molar-refractivity contribution in [2.75, 3.05) is 19.8 Å². The number of nitrogens with zero attached hydrogens (tertiary/aromatic N) is 1. The highest BCUT2D eigenvalue weighted by Crippen LogP contribution is 2.29. The van der Waals surface area contributed by atoms with E-state index >= 15 is 0 Å². The van der Waals surface area contributed by atoms with Crippen molar-refractivity contribution in [2.24, 2.45) is 4.99 Å². The molecule has 2 N–H and O–H groups in total. The van der Waals surface area contributed by atoms with Crippen LogP contribution in [-0.4, -0.2) is 42.4 Å². The van der Waals surface area contributed by atoms with Crippen molar-refractivity contribution in [1.29, 1.82) is 0 Å². The number of hydrogen-bond acceptors (Lipinski definition) is 5. The van der Waals surface area contributed by atoms with E-state index in [0.717, 1.165) is 19.3 Å². The second-order valence-corrected chi connectivity index (χ2v) is 7.97. The van der Waals surface area contributed by atoms with Gasteiger partial charge in [0, 0.05) is 24.5 Å². The van der Waals surface area contributed by atoms with Gasteiger partial charge in [-0.3, -0.25) is 4.99 Å². The number of aliphatic hydroxyl groups is 1. The number of hydrogen-bond donors (Lipinski definition) is 2. The van der Waals surface area contributed by atoms with E-state index in [1.165, 1.54) is 43.7 Å². The zero-order valence-corrected chi connectivity index (χ0v) is 19.6. The molecule has 1 atom stereocenters. The van der Waals surface area contributed by atoms with E-state index in [0.29, 0.717) is 23.6 Å². The third-order valence-electron chi connectivity index (χ3n) is 4.91. The van der Waals surface area contributed by atoms with Crippen LogP contribution in [0.3, 0.4) is 0 Å². The van der Waals surface area contributed by atoms with E-state index in [4.69, 9.17) is 9.47 Å². The largest absolute Gasteiger partial charge is 0.507 e. The van der Waals surface area contributed by atoms with Gasteiger partial charge in [0.25, 0.3) is 0 Å². The van der Waals surface area contributed by atoms with Crippen LogP contribution in [-0.2, 0) is 4.74 Å². The molecular formula is C26H41NO4. The Balaban J connectivity index is 2.35. The number of phenolic OH excluding ortho intramolecular Hbond substituents is 1. The number of ether oxygens (including phenoxy) is 2. The Morgan fingerprint density at radius 3 is 2.55 bits per heavy atom. The molecule has 5 nitrogen and oxygen atoms in total. The van der Waals surface area contributed by atoms with Crippen molar-refractivity contribution in [3.05, 3.63) is 42.0 Å². The third kappa shape index (κ3) is 12.4. The maximum atomic E-state index is 10.3. The van der Waals surface area contributed by atoms with E-state index in [1.807, 2.05) is 6.08 Å². The van der Waals surface area contributed by atoms with Gasteiger partial charge >= 0.3 is 0 Å². The van der Waals surface area contributed by atoms with Crippen molar-refractivity contribution in [2.45, 2.75) is 78.2 Å². The predicted octanol–water partition coefficient (Wildman–Crippen LogP) is 6.30. The molecule has 0 bridgehead atoms. The van der Waals surface area contributed by atoms with Gasteiger partial charge in [-0.15, -0.1) is 0 Å². The van der Waals surface area contributed by atoms with Crippen molar-refractivity contribution >= 4 is 11.9 Å². The molecule has 174 valence electrons. The second-order valence-electron chi connectivity index (χ2n) is 7.97. The molecule has 31 heavy (non-hydrogen) atoms. The van der Waals surface area contributed by atoms with Crippen LogP contribution >= 0.6 is 0 Å². The number of aliphatic hydroxyl groups excluding tert-OH is 1. The van der Waals surface area contributed by atoms with E-state index in [2.05, 4.69) is 32.3 Å². The molecule has 0 aliphatic rings. The van der Waals surface area contributed by atoms with Crippen LogP contribution in [0.2, 0.25) is 0 Å². The lowest BCUT2D eigenvalue weighted by atomic mass is 10.1. The number of allylic oxidation sites excluding steroid dienone is 2.